The first-order valence-corrected chi connectivity index (χ1v) is 6.35. The highest BCUT2D eigenvalue weighted by atomic mass is 35.5. The van der Waals surface area contributed by atoms with Gasteiger partial charge in [0, 0.05) is 24.7 Å². The maximum Gasteiger partial charge on any atom is 0.256 e. The lowest BCUT2D eigenvalue weighted by molar-refractivity contribution is 0.0646. The van der Waals surface area contributed by atoms with Crippen LogP contribution < -0.4 is 0 Å². The van der Waals surface area contributed by atoms with Crippen LogP contribution in [-0.2, 0) is 0 Å². The average Bonchev–Trinajstić information content (AvgIpc) is 2.38. The number of halogens is 2. The van der Waals surface area contributed by atoms with Crippen LogP contribution in [0.15, 0.2) is 18.2 Å². The molecule has 1 aromatic rings. The van der Waals surface area contributed by atoms with Crippen molar-refractivity contribution < 1.29 is 14.3 Å². The van der Waals surface area contributed by atoms with E-state index in [9.17, 15) is 9.18 Å². The van der Waals surface area contributed by atoms with E-state index in [1.807, 2.05) is 0 Å². The first-order valence-electron chi connectivity index (χ1n) is 5.97. The highest BCUT2D eigenvalue weighted by Crippen LogP contribution is 2.21. The average molecular weight is 272 g/mol. The van der Waals surface area contributed by atoms with E-state index >= 15 is 0 Å². The SMILES string of the molecule is O=C(c1ccc(Cl)cc1F)N1CCC(CO)CC1. The quantitative estimate of drug-likeness (QED) is 0.897. The Morgan fingerprint density at radius 3 is 2.67 bits per heavy atom. The first-order chi connectivity index (χ1) is 8.61. The number of aliphatic hydroxyl groups excluding tert-OH is 1. The van der Waals surface area contributed by atoms with Crippen molar-refractivity contribution in [2.45, 2.75) is 12.8 Å². The fourth-order valence-corrected chi connectivity index (χ4v) is 2.31. The lowest BCUT2D eigenvalue weighted by Crippen LogP contribution is -2.39. The molecule has 1 aliphatic heterocycles. The summed E-state index contributed by atoms with van der Waals surface area (Å²) in [5, 5.41) is 9.31. The molecule has 0 saturated carbocycles. The number of hydrogen-bond donors (Lipinski definition) is 1. The lowest BCUT2D eigenvalue weighted by Gasteiger charge is -2.31. The molecule has 1 heterocycles. The number of aliphatic hydroxyl groups is 1. The van der Waals surface area contributed by atoms with Gasteiger partial charge in [-0.2, -0.15) is 0 Å². The minimum absolute atomic E-state index is 0.0573. The van der Waals surface area contributed by atoms with Gasteiger partial charge in [-0.1, -0.05) is 11.6 Å². The van der Waals surface area contributed by atoms with Crippen molar-refractivity contribution in [3.05, 3.63) is 34.6 Å². The zero-order valence-corrected chi connectivity index (χ0v) is 10.7. The summed E-state index contributed by atoms with van der Waals surface area (Å²) in [6.07, 6.45) is 1.52. The van der Waals surface area contributed by atoms with Gasteiger partial charge in [0.05, 0.1) is 5.56 Å². The van der Waals surface area contributed by atoms with Crippen molar-refractivity contribution in [3.63, 3.8) is 0 Å². The van der Waals surface area contributed by atoms with Crippen molar-refractivity contribution in [2.24, 2.45) is 5.92 Å². The van der Waals surface area contributed by atoms with Crippen LogP contribution in [0.5, 0.6) is 0 Å². The van der Waals surface area contributed by atoms with Crippen molar-refractivity contribution in [1.82, 2.24) is 4.90 Å². The molecule has 0 radical (unpaired) electrons. The Morgan fingerprint density at radius 2 is 2.11 bits per heavy atom. The molecule has 0 unspecified atom stereocenters. The van der Waals surface area contributed by atoms with Gasteiger partial charge in [0.15, 0.2) is 0 Å². The maximum absolute atomic E-state index is 13.6. The molecule has 1 aromatic carbocycles. The molecule has 1 N–H and O–H groups in total. The molecule has 0 aromatic heterocycles. The maximum atomic E-state index is 13.6. The van der Waals surface area contributed by atoms with Crippen LogP contribution in [-0.4, -0.2) is 35.6 Å². The summed E-state index contributed by atoms with van der Waals surface area (Å²) in [6, 6.07) is 4.08. The van der Waals surface area contributed by atoms with E-state index in [2.05, 4.69) is 0 Å². The third-order valence-corrected chi connectivity index (χ3v) is 3.56. The summed E-state index contributed by atoms with van der Waals surface area (Å²) in [5.41, 5.74) is 0.0573. The highest BCUT2D eigenvalue weighted by Gasteiger charge is 2.24. The number of amides is 1. The van der Waals surface area contributed by atoms with Crippen LogP contribution in [0.4, 0.5) is 4.39 Å². The molecule has 1 aliphatic rings. The van der Waals surface area contributed by atoms with Crippen molar-refractivity contribution in [2.75, 3.05) is 19.7 Å². The Kier molecular flexibility index (Phi) is 4.19. The fraction of sp³-hybridized carbons (Fsp3) is 0.462. The predicted molar refractivity (Wildman–Crippen MR) is 67.1 cm³/mol. The van der Waals surface area contributed by atoms with Gasteiger partial charge >= 0.3 is 0 Å². The van der Waals surface area contributed by atoms with Crippen LogP contribution in [0.3, 0.4) is 0 Å². The number of benzene rings is 1. The lowest BCUT2D eigenvalue weighted by atomic mass is 9.97. The van der Waals surface area contributed by atoms with Gasteiger partial charge in [-0.15, -0.1) is 0 Å². The van der Waals surface area contributed by atoms with Crippen molar-refractivity contribution in [3.8, 4) is 0 Å². The van der Waals surface area contributed by atoms with Gasteiger partial charge in [0.25, 0.3) is 5.91 Å². The molecule has 5 heteroatoms. The largest absolute Gasteiger partial charge is 0.396 e. The molecule has 98 valence electrons. The summed E-state index contributed by atoms with van der Waals surface area (Å²) in [5.74, 6) is -0.638. The van der Waals surface area contributed by atoms with Gasteiger partial charge in [0.2, 0.25) is 0 Å². The number of nitrogens with zero attached hydrogens (tertiary/aromatic N) is 1. The molecule has 2 rings (SSSR count). The van der Waals surface area contributed by atoms with E-state index in [0.717, 1.165) is 18.9 Å². The van der Waals surface area contributed by atoms with Crippen LogP contribution in [0.25, 0.3) is 0 Å². The number of piperidine rings is 1. The van der Waals surface area contributed by atoms with Crippen LogP contribution in [0, 0.1) is 11.7 Å². The van der Waals surface area contributed by atoms with Gasteiger partial charge in [-0.05, 0) is 37.0 Å². The fourth-order valence-electron chi connectivity index (χ4n) is 2.15. The molecule has 1 saturated heterocycles. The zero-order chi connectivity index (χ0) is 13.1. The number of rotatable bonds is 2. The predicted octanol–water partition coefficient (Wildman–Crippen LogP) is 2.32. The third kappa shape index (κ3) is 2.82. The molecular weight excluding hydrogens is 257 g/mol. The number of carbonyl (C=O) groups is 1. The van der Waals surface area contributed by atoms with Crippen molar-refractivity contribution >= 4 is 17.5 Å². The molecule has 0 bridgehead atoms. The van der Waals surface area contributed by atoms with E-state index in [4.69, 9.17) is 16.7 Å². The summed E-state index contributed by atoms with van der Waals surface area (Å²) < 4.78 is 13.6. The van der Waals surface area contributed by atoms with Gasteiger partial charge in [-0.3, -0.25) is 4.79 Å². The molecular formula is C13H15ClFNO2. The molecule has 18 heavy (non-hydrogen) atoms. The molecule has 1 fully saturated rings. The Hall–Kier alpha value is -1.13. The van der Waals surface area contributed by atoms with Crippen molar-refractivity contribution in [1.29, 1.82) is 0 Å². The Labute approximate surface area is 110 Å². The second kappa shape index (κ2) is 5.67. The Balaban J connectivity index is 2.08. The standard InChI is InChI=1S/C13H15ClFNO2/c14-10-1-2-11(12(15)7-10)13(18)16-5-3-9(8-17)4-6-16/h1-2,7,9,17H,3-6,8H2. The second-order valence-corrected chi connectivity index (χ2v) is 4.98. The van der Waals surface area contributed by atoms with E-state index in [-0.39, 0.29) is 29.0 Å². The minimum atomic E-state index is -0.586. The molecule has 0 aliphatic carbocycles. The van der Waals surface area contributed by atoms with Gasteiger partial charge in [-0.25, -0.2) is 4.39 Å². The van der Waals surface area contributed by atoms with E-state index in [1.54, 1.807) is 4.90 Å². The number of hydrogen-bond acceptors (Lipinski definition) is 2. The van der Waals surface area contributed by atoms with Crippen LogP contribution >= 0.6 is 11.6 Å². The van der Waals surface area contributed by atoms with Crippen LogP contribution in [0.2, 0.25) is 5.02 Å². The second-order valence-electron chi connectivity index (χ2n) is 4.54. The Bertz CT molecular complexity index is 445. The molecule has 0 atom stereocenters. The summed E-state index contributed by atoms with van der Waals surface area (Å²) >= 11 is 5.65. The summed E-state index contributed by atoms with van der Waals surface area (Å²) in [7, 11) is 0. The zero-order valence-electron chi connectivity index (χ0n) is 9.90. The third-order valence-electron chi connectivity index (χ3n) is 3.32. The van der Waals surface area contributed by atoms with Crippen LogP contribution in [0.1, 0.15) is 23.2 Å². The minimum Gasteiger partial charge on any atom is -0.396 e. The first kappa shape index (κ1) is 13.3. The monoisotopic (exact) mass is 271 g/mol. The van der Waals surface area contributed by atoms with Gasteiger partial charge in [0.1, 0.15) is 5.82 Å². The van der Waals surface area contributed by atoms with E-state index in [0.29, 0.717) is 13.1 Å². The normalized spacial score (nSPS) is 16.9. The topological polar surface area (TPSA) is 40.5 Å². The van der Waals surface area contributed by atoms with Gasteiger partial charge < -0.3 is 10.0 Å². The van der Waals surface area contributed by atoms with E-state index in [1.165, 1.54) is 12.1 Å². The summed E-state index contributed by atoms with van der Waals surface area (Å²) in [6.45, 7) is 1.27. The molecule has 1 amide bonds. The Morgan fingerprint density at radius 1 is 1.44 bits per heavy atom. The number of likely N-dealkylation sites (tertiary alicyclic amines) is 1. The smallest absolute Gasteiger partial charge is 0.256 e. The highest BCUT2D eigenvalue weighted by molar-refractivity contribution is 6.30. The molecule has 3 nitrogen and oxygen atoms in total. The van der Waals surface area contributed by atoms with E-state index < -0.39 is 5.82 Å². The molecule has 0 spiro atoms. The number of carbonyl (C=O) groups excluding carboxylic acids is 1. The summed E-state index contributed by atoms with van der Waals surface area (Å²) in [4.78, 5) is 13.7.